The van der Waals surface area contributed by atoms with Crippen LogP contribution >= 0.6 is 0 Å². The molecule has 1 aliphatic heterocycles. The zero-order chi connectivity index (χ0) is 24.0. The molecule has 1 saturated heterocycles. The summed E-state index contributed by atoms with van der Waals surface area (Å²) < 4.78 is 37.3. The molecule has 1 amide bonds. The molecule has 2 aromatic rings. The Morgan fingerprint density at radius 3 is 2.24 bits per heavy atom. The number of methoxy groups -OCH3 is 1. The Labute approximate surface area is 192 Å². The van der Waals surface area contributed by atoms with Crippen molar-refractivity contribution in [1.29, 1.82) is 0 Å². The van der Waals surface area contributed by atoms with Crippen molar-refractivity contribution in [2.24, 2.45) is 5.92 Å². The van der Waals surface area contributed by atoms with Gasteiger partial charge in [0.2, 0.25) is 10.0 Å². The number of ether oxygens (including phenoxy) is 2. The lowest BCUT2D eigenvalue weighted by molar-refractivity contribution is -0.153. The van der Waals surface area contributed by atoms with Crippen molar-refractivity contribution in [2.75, 3.05) is 38.8 Å². The van der Waals surface area contributed by atoms with Crippen LogP contribution in [0.1, 0.15) is 23.2 Å². The maximum absolute atomic E-state index is 13.1. The molecule has 10 heteroatoms. The number of para-hydroxylation sites is 1. The van der Waals surface area contributed by atoms with E-state index in [1.54, 1.807) is 37.4 Å². The third kappa shape index (κ3) is 5.58. The van der Waals surface area contributed by atoms with E-state index in [0.29, 0.717) is 5.69 Å². The Kier molecular flexibility index (Phi) is 7.83. The van der Waals surface area contributed by atoms with Gasteiger partial charge in [0.05, 0.1) is 23.5 Å². The van der Waals surface area contributed by atoms with Gasteiger partial charge in [0.15, 0.2) is 6.61 Å². The molecule has 1 fully saturated rings. The van der Waals surface area contributed by atoms with Crippen LogP contribution in [-0.4, -0.2) is 64.4 Å². The number of carbonyl (C=O) groups excluding carboxylic acids is 3. The van der Waals surface area contributed by atoms with Gasteiger partial charge in [-0.1, -0.05) is 30.3 Å². The van der Waals surface area contributed by atoms with Crippen LogP contribution in [0.25, 0.3) is 0 Å². The highest BCUT2D eigenvalue weighted by Crippen LogP contribution is 2.27. The van der Waals surface area contributed by atoms with Gasteiger partial charge >= 0.3 is 11.9 Å². The lowest BCUT2D eigenvalue weighted by Crippen LogP contribution is -2.41. The molecule has 176 valence electrons. The second-order valence-electron chi connectivity index (χ2n) is 7.56. The number of nitrogens with zero attached hydrogens (tertiary/aromatic N) is 2. The first kappa shape index (κ1) is 24.4. The zero-order valence-corrected chi connectivity index (χ0v) is 19.3. The Morgan fingerprint density at radius 2 is 1.61 bits per heavy atom. The molecule has 1 heterocycles. The fraction of sp³-hybridized carbons (Fsp3) is 0.348. The summed E-state index contributed by atoms with van der Waals surface area (Å²) in [6.07, 6.45) is 0.502. The van der Waals surface area contributed by atoms with Crippen LogP contribution in [0.5, 0.6) is 0 Å². The summed E-state index contributed by atoms with van der Waals surface area (Å²) in [5.74, 6) is -2.15. The van der Waals surface area contributed by atoms with Crippen molar-refractivity contribution in [3.8, 4) is 0 Å². The van der Waals surface area contributed by atoms with Crippen molar-refractivity contribution in [2.45, 2.75) is 17.7 Å². The number of likely N-dealkylation sites (N-methyl/N-ethyl adjacent to an activating group) is 1. The molecule has 0 saturated carbocycles. The van der Waals surface area contributed by atoms with E-state index in [0.717, 1.165) is 0 Å². The summed E-state index contributed by atoms with van der Waals surface area (Å²) in [6.45, 7) is -0.208. The summed E-state index contributed by atoms with van der Waals surface area (Å²) in [5.41, 5.74) is 0.645. The minimum Gasteiger partial charge on any atom is -0.465 e. The van der Waals surface area contributed by atoms with Gasteiger partial charge in [0.25, 0.3) is 5.91 Å². The zero-order valence-electron chi connectivity index (χ0n) is 18.5. The smallest absolute Gasteiger partial charge is 0.339 e. The van der Waals surface area contributed by atoms with Crippen LogP contribution in [0.3, 0.4) is 0 Å². The number of carbonyl (C=O) groups is 3. The van der Waals surface area contributed by atoms with Gasteiger partial charge in [-0.05, 0) is 37.1 Å². The molecular formula is C23H26N2O7S. The monoisotopic (exact) mass is 474 g/mol. The molecule has 0 unspecified atom stereocenters. The van der Waals surface area contributed by atoms with E-state index < -0.39 is 34.5 Å². The molecule has 0 N–H and O–H groups in total. The summed E-state index contributed by atoms with van der Waals surface area (Å²) in [4.78, 5) is 38.0. The fourth-order valence-corrected chi connectivity index (χ4v) is 5.23. The molecular weight excluding hydrogens is 448 g/mol. The number of sulfonamides is 1. The van der Waals surface area contributed by atoms with Gasteiger partial charge in [-0.15, -0.1) is 0 Å². The van der Waals surface area contributed by atoms with Gasteiger partial charge in [-0.3, -0.25) is 9.59 Å². The van der Waals surface area contributed by atoms with Crippen molar-refractivity contribution in [1.82, 2.24) is 4.31 Å². The highest BCUT2D eigenvalue weighted by atomic mass is 32.2. The average Bonchev–Trinajstić information content (AvgIpc) is 2.86. The molecule has 0 spiro atoms. The van der Waals surface area contributed by atoms with Crippen LogP contribution in [0.4, 0.5) is 5.69 Å². The fourth-order valence-electron chi connectivity index (χ4n) is 3.58. The SMILES string of the molecule is COC(=O)c1ccccc1S(=O)(=O)N1CCC(C(=O)OCC(=O)N(C)c2ccccc2)CC1. The third-order valence-electron chi connectivity index (χ3n) is 5.55. The van der Waals surface area contributed by atoms with Crippen molar-refractivity contribution in [3.05, 3.63) is 60.2 Å². The van der Waals surface area contributed by atoms with E-state index in [1.807, 2.05) is 6.07 Å². The first-order chi connectivity index (χ1) is 15.8. The molecule has 9 nitrogen and oxygen atoms in total. The number of piperidine rings is 1. The maximum Gasteiger partial charge on any atom is 0.339 e. The van der Waals surface area contributed by atoms with Gasteiger partial charge in [0, 0.05) is 25.8 Å². The Balaban J connectivity index is 1.57. The topological polar surface area (TPSA) is 110 Å². The van der Waals surface area contributed by atoms with E-state index in [1.165, 1.54) is 34.5 Å². The summed E-state index contributed by atoms with van der Waals surface area (Å²) in [5, 5.41) is 0. The second-order valence-corrected chi connectivity index (χ2v) is 9.47. The van der Waals surface area contributed by atoms with E-state index in [2.05, 4.69) is 4.74 Å². The quantitative estimate of drug-likeness (QED) is 0.565. The molecule has 3 rings (SSSR count). The number of anilines is 1. The van der Waals surface area contributed by atoms with Gasteiger partial charge in [-0.25, -0.2) is 13.2 Å². The van der Waals surface area contributed by atoms with E-state index in [-0.39, 0.29) is 42.3 Å². The molecule has 0 aromatic heterocycles. The predicted octanol–water partition coefficient (Wildman–Crippen LogP) is 2.08. The number of hydrogen-bond acceptors (Lipinski definition) is 7. The number of benzene rings is 2. The standard InChI is InChI=1S/C23H26N2O7S/c1-24(18-8-4-3-5-9-18)21(26)16-32-22(27)17-12-14-25(15-13-17)33(29,30)20-11-7-6-10-19(20)23(28)31-2/h3-11,17H,12-16H2,1-2H3. The van der Waals surface area contributed by atoms with Crippen LogP contribution in [0.2, 0.25) is 0 Å². The maximum atomic E-state index is 13.1. The average molecular weight is 475 g/mol. The first-order valence-electron chi connectivity index (χ1n) is 10.4. The lowest BCUT2D eigenvalue weighted by atomic mass is 9.98. The lowest BCUT2D eigenvalue weighted by Gasteiger charge is -2.30. The molecule has 0 radical (unpaired) electrons. The summed E-state index contributed by atoms with van der Waals surface area (Å²) in [7, 11) is -1.16. The van der Waals surface area contributed by atoms with Gasteiger partial charge < -0.3 is 14.4 Å². The highest BCUT2D eigenvalue weighted by molar-refractivity contribution is 7.89. The Morgan fingerprint density at radius 1 is 1.00 bits per heavy atom. The van der Waals surface area contributed by atoms with Gasteiger partial charge in [-0.2, -0.15) is 4.31 Å². The molecule has 0 atom stereocenters. The highest BCUT2D eigenvalue weighted by Gasteiger charge is 2.35. The van der Waals surface area contributed by atoms with Crippen LogP contribution in [-0.2, 0) is 29.1 Å². The number of esters is 2. The van der Waals surface area contributed by atoms with E-state index in [9.17, 15) is 22.8 Å². The largest absolute Gasteiger partial charge is 0.465 e. The summed E-state index contributed by atoms with van der Waals surface area (Å²) in [6, 6.07) is 14.8. The molecule has 2 aromatic carbocycles. The first-order valence-corrected chi connectivity index (χ1v) is 11.9. The van der Waals surface area contributed by atoms with Crippen LogP contribution in [0, 0.1) is 5.92 Å². The number of amides is 1. The number of hydrogen-bond donors (Lipinski definition) is 0. The second kappa shape index (κ2) is 10.6. The normalized spacial score (nSPS) is 15.0. The van der Waals surface area contributed by atoms with Crippen molar-refractivity contribution >= 4 is 33.6 Å². The Hall–Kier alpha value is -3.24. The third-order valence-corrected chi connectivity index (χ3v) is 7.51. The van der Waals surface area contributed by atoms with Crippen LogP contribution < -0.4 is 4.90 Å². The molecule has 1 aliphatic rings. The van der Waals surface area contributed by atoms with E-state index >= 15 is 0 Å². The predicted molar refractivity (Wildman–Crippen MR) is 120 cm³/mol. The Bertz CT molecular complexity index is 1110. The minimum atomic E-state index is -3.94. The number of rotatable bonds is 7. The van der Waals surface area contributed by atoms with E-state index in [4.69, 9.17) is 4.74 Å². The molecule has 33 heavy (non-hydrogen) atoms. The summed E-state index contributed by atoms with van der Waals surface area (Å²) >= 11 is 0. The minimum absolute atomic E-state index is 0.0393. The molecule has 0 aliphatic carbocycles. The molecule has 0 bridgehead atoms. The van der Waals surface area contributed by atoms with Gasteiger partial charge in [0.1, 0.15) is 0 Å². The van der Waals surface area contributed by atoms with Crippen molar-refractivity contribution in [3.63, 3.8) is 0 Å². The van der Waals surface area contributed by atoms with Crippen molar-refractivity contribution < 1.29 is 32.3 Å². The van der Waals surface area contributed by atoms with Crippen LogP contribution in [0.15, 0.2) is 59.5 Å².